The van der Waals surface area contributed by atoms with E-state index in [1.807, 2.05) is 6.92 Å². The molecule has 0 bridgehead atoms. The third-order valence-electron chi connectivity index (χ3n) is 3.60. The molecule has 1 saturated carbocycles. The molecule has 0 saturated heterocycles. The fourth-order valence-corrected chi connectivity index (χ4v) is 2.38. The molecule has 6 heteroatoms. The van der Waals surface area contributed by atoms with Crippen molar-refractivity contribution in [2.45, 2.75) is 38.2 Å². The van der Waals surface area contributed by atoms with Crippen LogP contribution in [0.5, 0.6) is 0 Å². The second-order valence-corrected chi connectivity index (χ2v) is 5.28. The lowest BCUT2D eigenvalue weighted by Crippen LogP contribution is -2.26. The van der Waals surface area contributed by atoms with E-state index < -0.39 is 34.5 Å². The maximum absolute atomic E-state index is 13.8. The first-order chi connectivity index (χ1) is 9.97. The summed E-state index contributed by atoms with van der Waals surface area (Å²) in [7, 11) is 1.12. The lowest BCUT2D eigenvalue weighted by Gasteiger charge is -2.21. The number of rotatable bonds is 4. The third kappa shape index (κ3) is 3.37. The molecule has 1 aliphatic rings. The quantitative estimate of drug-likeness (QED) is 0.487. The van der Waals surface area contributed by atoms with E-state index in [1.165, 1.54) is 6.07 Å². The lowest BCUT2D eigenvalue weighted by molar-refractivity contribution is -0.133. The van der Waals surface area contributed by atoms with E-state index in [9.17, 15) is 13.6 Å². The molecule has 0 aliphatic heterocycles. The molecule has 0 spiro atoms. The van der Waals surface area contributed by atoms with E-state index in [0.29, 0.717) is 0 Å². The van der Waals surface area contributed by atoms with Gasteiger partial charge in [-0.15, -0.1) is 0 Å². The second-order valence-electron chi connectivity index (χ2n) is 5.28. The molecule has 0 aromatic heterocycles. The van der Waals surface area contributed by atoms with Crippen LogP contribution in [0.4, 0.5) is 8.78 Å². The van der Waals surface area contributed by atoms with Crippen LogP contribution in [0, 0.1) is 11.6 Å². The zero-order chi connectivity index (χ0) is 15.5. The van der Waals surface area contributed by atoms with Crippen molar-refractivity contribution in [1.82, 2.24) is 0 Å². The number of carbonyl (C=O) groups is 1. The maximum Gasteiger partial charge on any atom is 0.360 e. The van der Waals surface area contributed by atoms with Crippen LogP contribution < -0.4 is 0 Å². The van der Waals surface area contributed by atoms with Crippen LogP contribution in [-0.2, 0) is 14.4 Å². The average molecular weight is 297 g/mol. The Labute approximate surface area is 121 Å². The molecule has 0 amide bonds. The van der Waals surface area contributed by atoms with Crippen molar-refractivity contribution in [2.75, 3.05) is 7.11 Å². The Morgan fingerprint density at radius 2 is 1.81 bits per heavy atom. The summed E-state index contributed by atoms with van der Waals surface area (Å²) >= 11 is 0. The minimum absolute atomic E-state index is 0.499. The fourth-order valence-electron chi connectivity index (χ4n) is 2.38. The van der Waals surface area contributed by atoms with Gasteiger partial charge in [0, 0.05) is 0 Å². The van der Waals surface area contributed by atoms with E-state index in [-0.39, 0.29) is 0 Å². The van der Waals surface area contributed by atoms with Crippen LogP contribution in [0.1, 0.15) is 38.2 Å². The molecule has 1 fully saturated rings. The number of carbonyl (C=O) groups excluding carboxylic acids is 1. The summed E-state index contributed by atoms with van der Waals surface area (Å²) in [5.74, 6) is -2.72. The predicted molar refractivity (Wildman–Crippen MR) is 72.9 cm³/mol. The Bertz CT molecular complexity index is 546. The molecule has 1 aromatic carbocycles. The number of oxime groups is 1. The number of esters is 1. The molecule has 0 atom stereocenters. The molecule has 0 heterocycles. The Kier molecular flexibility index (Phi) is 4.55. The predicted octanol–water partition coefficient (Wildman–Crippen LogP) is 3.19. The lowest BCUT2D eigenvalue weighted by atomic mass is 10.1. The van der Waals surface area contributed by atoms with Crippen LogP contribution in [0.3, 0.4) is 0 Å². The van der Waals surface area contributed by atoms with Crippen LogP contribution in [-0.4, -0.2) is 24.4 Å². The first-order valence-corrected chi connectivity index (χ1v) is 6.76. The highest BCUT2D eigenvalue weighted by Gasteiger charge is 2.32. The Hall–Kier alpha value is -1.98. The van der Waals surface area contributed by atoms with Crippen molar-refractivity contribution in [3.8, 4) is 0 Å². The van der Waals surface area contributed by atoms with Crippen molar-refractivity contribution < 1.29 is 23.1 Å². The van der Waals surface area contributed by atoms with Gasteiger partial charge in [-0.1, -0.05) is 11.2 Å². The van der Waals surface area contributed by atoms with Gasteiger partial charge in [0.2, 0.25) is 5.71 Å². The Morgan fingerprint density at radius 3 is 2.33 bits per heavy atom. The number of benzene rings is 1. The normalized spacial score (nSPS) is 17.6. The number of ether oxygens (including phenoxy) is 1. The third-order valence-corrected chi connectivity index (χ3v) is 3.60. The standard InChI is InChI=1S/C15H17F2NO3/c1-15(8-3-4-9-15)21-18-13(14(19)20-2)12-10(16)6-5-7-11(12)17/h5-7H,3-4,8-9H2,1-2H3. The Morgan fingerprint density at radius 1 is 1.24 bits per heavy atom. The van der Waals surface area contributed by atoms with Crippen LogP contribution in [0.15, 0.2) is 23.4 Å². The summed E-state index contributed by atoms with van der Waals surface area (Å²) in [6.45, 7) is 1.86. The molecule has 114 valence electrons. The number of methoxy groups -OCH3 is 1. The molecule has 0 unspecified atom stereocenters. The maximum atomic E-state index is 13.8. The monoisotopic (exact) mass is 297 g/mol. The number of nitrogens with zero attached hydrogens (tertiary/aromatic N) is 1. The first kappa shape index (κ1) is 15.4. The molecule has 4 nitrogen and oxygen atoms in total. The molecule has 21 heavy (non-hydrogen) atoms. The highest BCUT2D eigenvalue weighted by Crippen LogP contribution is 2.33. The minimum Gasteiger partial charge on any atom is -0.464 e. The zero-order valence-electron chi connectivity index (χ0n) is 12.0. The SMILES string of the molecule is COC(=O)C(=NOC1(C)CCCC1)c1c(F)cccc1F. The average Bonchev–Trinajstić information content (AvgIpc) is 2.88. The zero-order valence-corrected chi connectivity index (χ0v) is 12.0. The van der Waals surface area contributed by atoms with Crippen LogP contribution >= 0.6 is 0 Å². The van der Waals surface area contributed by atoms with Crippen molar-refractivity contribution in [1.29, 1.82) is 0 Å². The van der Waals surface area contributed by atoms with Gasteiger partial charge in [0.25, 0.3) is 0 Å². The largest absolute Gasteiger partial charge is 0.464 e. The molecule has 0 radical (unpaired) electrons. The van der Waals surface area contributed by atoms with Gasteiger partial charge in [-0.25, -0.2) is 13.6 Å². The smallest absolute Gasteiger partial charge is 0.360 e. The van der Waals surface area contributed by atoms with Gasteiger partial charge < -0.3 is 9.57 Å². The van der Waals surface area contributed by atoms with Gasteiger partial charge in [-0.2, -0.15) is 0 Å². The Balaban J connectivity index is 2.37. The fraction of sp³-hybridized carbons (Fsp3) is 0.467. The van der Waals surface area contributed by atoms with Gasteiger partial charge in [-0.05, 0) is 44.7 Å². The van der Waals surface area contributed by atoms with Crippen molar-refractivity contribution >= 4 is 11.7 Å². The van der Waals surface area contributed by atoms with E-state index in [2.05, 4.69) is 9.89 Å². The summed E-state index contributed by atoms with van der Waals surface area (Å²) in [6, 6.07) is 3.31. The summed E-state index contributed by atoms with van der Waals surface area (Å²) < 4.78 is 32.2. The van der Waals surface area contributed by atoms with Gasteiger partial charge >= 0.3 is 5.97 Å². The summed E-state index contributed by atoms with van der Waals surface area (Å²) in [6.07, 6.45) is 3.55. The van der Waals surface area contributed by atoms with Gasteiger partial charge in [0.05, 0.1) is 12.7 Å². The van der Waals surface area contributed by atoms with E-state index in [0.717, 1.165) is 44.9 Å². The summed E-state index contributed by atoms with van der Waals surface area (Å²) in [5.41, 5.74) is -1.55. The topological polar surface area (TPSA) is 47.9 Å². The van der Waals surface area contributed by atoms with Gasteiger partial charge in [0.1, 0.15) is 17.2 Å². The van der Waals surface area contributed by atoms with Crippen molar-refractivity contribution in [3.05, 3.63) is 35.4 Å². The summed E-state index contributed by atoms with van der Waals surface area (Å²) in [5, 5.41) is 3.70. The molecular formula is C15H17F2NO3. The van der Waals surface area contributed by atoms with Crippen LogP contribution in [0.25, 0.3) is 0 Å². The molecule has 2 rings (SSSR count). The molecule has 1 aliphatic carbocycles. The number of hydrogen-bond donors (Lipinski definition) is 0. The highest BCUT2D eigenvalue weighted by atomic mass is 19.1. The second kappa shape index (κ2) is 6.20. The first-order valence-electron chi connectivity index (χ1n) is 6.76. The molecule has 1 aromatic rings. The van der Waals surface area contributed by atoms with Crippen molar-refractivity contribution in [2.24, 2.45) is 5.16 Å². The van der Waals surface area contributed by atoms with Gasteiger partial charge in [-0.3, -0.25) is 0 Å². The van der Waals surface area contributed by atoms with Crippen LogP contribution in [0.2, 0.25) is 0 Å². The highest BCUT2D eigenvalue weighted by molar-refractivity contribution is 6.43. The van der Waals surface area contributed by atoms with E-state index >= 15 is 0 Å². The number of halogens is 2. The van der Waals surface area contributed by atoms with E-state index in [4.69, 9.17) is 4.84 Å². The van der Waals surface area contributed by atoms with Gasteiger partial charge in [0.15, 0.2) is 0 Å². The summed E-state index contributed by atoms with van der Waals surface area (Å²) in [4.78, 5) is 17.2. The van der Waals surface area contributed by atoms with Crippen molar-refractivity contribution in [3.63, 3.8) is 0 Å². The number of hydrogen-bond acceptors (Lipinski definition) is 4. The minimum atomic E-state index is -0.944. The molecule has 0 N–H and O–H groups in total. The van der Waals surface area contributed by atoms with E-state index in [1.54, 1.807) is 0 Å². The molecular weight excluding hydrogens is 280 g/mol.